The molecule has 2 aromatic rings. The first-order chi connectivity index (χ1) is 12.9. The van der Waals surface area contributed by atoms with Gasteiger partial charge in [0.2, 0.25) is 15.9 Å². The fraction of sp³-hybridized carbons (Fsp3) is 0.222. The molecule has 1 aliphatic rings. The van der Waals surface area contributed by atoms with Gasteiger partial charge in [-0.25, -0.2) is 8.42 Å². The molecule has 0 spiro atoms. The SMILES string of the molecule is CS(=O)(=O)N(CC(=O)Nc1ccc(C#N)cc1)c1ccc2c(c1)OCCO2. The zero-order valence-corrected chi connectivity index (χ0v) is 15.3. The van der Waals surface area contributed by atoms with E-state index in [0.29, 0.717) is 41.7 Å². The van der Waals surface area contributed by atoms with Gasteiger partial charge in [0, 0.05) is 11.8 Å². The standard InChI is InChI=1S/C18H17N3O5S/c1-27(23,24)21(15-6-7-16-17(10-15)26-9-8-25-16)12-18(22)20-14-4-2-13(11-19)3-5-14/h2-7,10H,8-9,12H2,1H3,(H,20,22). The van der Waals surface area contributed by atoms with Crippen LogP contribution in [0.25, 0.3) is 0 Å². The van der Waals surface area contributed by atoms with Gasteiger partial charge < -0.3 is 14.8 Å². The third-order valence-corrected chi connectivity index (χ3v) is 4.94. The maximum Gasteiger partial charge on any atom is 0.245 e. The number of hydrogen-bond donors (Lipinski definition) is 1. The van der Waals surface area contributed by atoms with E-state index in [1.54, 1.807) is 36.4 Å². The summed E-state index contributed by atoms with van der Waals surface area (Å²) in [5, 5.41) is 11.4. The molecule has 0 unspecified atom stereocenters. The quantitative estimate of drug-likeness (QED) is 0.837. The van der Waals surface area contributed by atoms with Gasteiger partial charge in [0.1, 0.15) is 19.8 Å². The van der Waals surface area contributed by atoms with E-state index < -0.39 is 22.5 Å². The molecule has 1 aliphatic heterocycles. The number of nitrogens with one attached hydrogen (secondary N) is 1. The first kappa shape index (κ1) is 18.5. The van der Waals surface area contributed by atoms with Crippen LogP contribution in [0.4, 0.5) is 11.4 Å². The topological polar surface area (TPSA) is 109 Å². The van der Waals surface area contributed by atoms with Crippen LogP contribution in [0.1, 0.15) is 5.56 Å². The molecule has 0 saturated carbocycles. The Kier molecular flexibility index (Phi) is 5.19. The lowest BCUT2D eigenvalue weighted by atomic mass is 10.2. The molecule has 0 radical (unpaired) electrons. The van der Waals surface area contributed by atoms with Crippen LogP contribution in [0.15, 0.2) is 42.5 Å². The van der Waals surface area contributed by atoms with Gasteiger partial charge in [-0.2, -0.15) is 5.26 Å². The number of benzene rings is 2. The molecule has 1 heterocycles. The molecule has 9 heteroatoms. The summed E-state index contributed by atoms with van der Waals surface area (Å²) in [4.78, 5) is 12.3. The van der Waals surface area contributed by atoms with Crippen LogP contribution >= 0.6 is 0 Å². The van der Waals surface area contributed by atoms with E-state index in [2.05, 4.69) is 5.32 Å². The number of carbonyl (C=O) groups is 1. The number of carbonyl (C=O) groups excluding carboxylic acids is 1. The zero-order chi connectivity index (χ0) is 19.4. The van der Waals surface area contributed by atoms with Gasteiger partial charge in [-0.15, -0.1) is 0 Å². The Hall–Kier alpha value is -3.25. The first-order valence-corrected chi connectivity index (χ1v) is 9.89. The predicted octanol–water partition coefficient (Wildman–Crippen LogP) is 1.73. The van der Waals surface area contributed by atoms with E-state index in [1.165, 1.54) is 6.07 Å². The average Bonchev–Trinajstić information content (AvgIpc) is 2.65. The Morgan fingerprint density at radius 3 is 2.44 bits per heavy atom. The van der Waals surface area contributed by atoms with Gasteiger partial charge in [-0.1, -0.05) is 0 Å². The van der Waals surface area contributed by atoms with Crippen molar-refractivity contribution < 1.29 is 22.7 Å². The predicted molar refractivity (Wildman–Crippen MR) is 99.4 cm³/mol. The number of anilines is 2. The Balaban J connectivity index is 1.79. The first-order valence-electron chi connectivity index (χ1n) is 8.04. The summed E-state index contributed by atoms with van der Waals surface area (Å²) in [6, 6.07) is 13.0. The molecule has 140 valence electrons. The van der Waals surface area contributed by atoms with Crippen molar-refractivity contribution in [3.05, 3.63) is 48.0 Å². The fourth-order valence-electron chi connectivity index (χ4n) is 2.55. The molecule has 0 fully saturated rings. The van der Waals surface area contributed by atoms with E-state index >= 15 is 0 Å². The molecular formula is C18H17N3O5S. The molecule has 2 aromatic carbocycles. The van der Waals surface area contributed by atoms with Crippen molar-refractivity contribution in [1.29, 1.82) is 5.26 Å². The minimum absolute atomic E-state index is 0.303. The zero-order valence-electron chi connectivity index (χ0n) is 14.5. The maximum atomic E-state index is 12.3. The van der Waals surface area contributed by atoms with E-state index in [0.717, 1.165) is 10.6 Å². The molecule has 3 rings (SSSR count). The second-order valence-corrected chi connectivity index (χ2v) is 7.74. The Labute approximate surface area is 157 Å². The monoisotopic (exact) mass is 387 g/mol. The van der Waals surface area contributed by atoms with Crippen molar-refractivity contribution in [1.82, 2.24) is 0 Å². The molecule has 1 N–H and O–H groups in total. The number of sulfonamides is 1. The van der Waals surface area contributed by atoms with Gasteiger partial charge in [0.25, 0.3) is 0 Å². The molecule has 1 amide bonds. The third-order valence-electron chi connectivity index (χ3n) is 3.80. The summed E-state index contributed by atoms with van der Waals surface area (Å²) in [6.45, 7) is 0.391. The van der Waals surface area contributed by atoms with Gasteiger partial charge in [0.15, 0.2) is 11.5 Å². The van der Waals surface area contributed by atoms with E-state index in [4.69, 9.17) is 14.7 Å². The normalized spacial score (nSPS) is 12.7. The lowest BCUT2D eigenvalue weighted by Crippen LogP contribution is -2.37. The number of hydrogen-bond acceptors (Lipinski definition) is 6. The molecule has 0 saturated heterocycles. The van der Waals surface area contributed by atoms with Crippen molar-refractivity contribution in [2.75, 3.05) is 35.6 Å². The Bertz CT molecular complexity index is 997. The van der Waals surface area contributed by atoms with E-state index in [-0.39, 0.29) is 0 Å². The number of fused-ring (bicyclic) bond motifs is 1. The number of amides is 1. The minimum Gasteiger partial charge on any atom is -0.486 e. The number of ether oxygens (including phenoxy) is 2. The number of nitriles is 1. The van der Waals surface area contributed by atoms with Crippen LogP contribution < -0.4 is 19.1 Å². The highest BCUT2D eigenvalue weighted by atomic mass is 32.2. The van der Waals surface area contributed by atoms with Crippen molar-refractivity contribution in [3.63, 3.8) is 0 Å². The van der Waals surface area contributed by atoms with Crippen LogP contribution in [-0.4, -0.2) is 40.3 Å². The lowest BCUT2D eigenvalue weighted by Gasteiger charge is -2.24. The third kappa shape index (κ3) is 4.48. The Morgan fingerprint density at radius 1 is 1.15 bits per heavy atom. The van der Waals surface area contributed by atoms with Crippen LogP contribution in [0.3, 0.4) is 0 Å². The van der Waals surface area contributed by atoms with Gasteiger partial charge in [-0.05, 0) is 36.4 Å². The number of nitrogens with zero attached hydrogens (tertiary/aromatic N) is 2. The van der Waals surface area contributed by atoms with Crippen molar-refractivity contribution >= 4 is 27.3 Å². The van der Waals surface area contributed by atoms with Crippen LogP contribution in [0.2, 0.25) is 0 Å². The summed E-state index contributed by atoms with van der Waals surface area (Å²) in [7, 11) is -3.71. The minimum atomic E-state index is -3.71. The molecule has 0 bridgehead atoms. The second-order valence-electron chi connectivity index (χ2n) is 5.83. The molecular weight excluding hydrogens is 370 g/mol. The molecule has 0 atom stereocenters. The maximum absolute atomic E-state index is 12.3. The fourth-order valence-corrected chi connectivity index (χ4v) is 3.39. The smallest absolute Gasteiger partial charge is 0.245 e. The summed E-state index contributed by atoms with van der Waals surface area (Å²) < 4.78 is 36.3. The summed E-state index contributed by atoms with van der Waals surface area (Å²) >= 11 is 0. The van der Waals surface area contributed by atoms with Crippen molar-refractivity contribution in [3.8, 4) is 17.6 Å². The van der Waals surface area contributed by atoms with Crippen LogP contribution in [0.5, 0.6) is 11.5 Å². The summed E-state index contributed by atoms with van der Waals surface area (Å²) in [5.41, 5.74) is 1.23. The highest BCUT2D eigenvalue weighted by Crippen LogP contribution is 2.34. The van der Waals surface area contributed by atoms with Gasteiger partial charge >= 0.3 is 0 Å². The largest absolute Gasteiger partial charge is 0.486 e. The Morgan fingerprint density at radius 2 is 1.81 bits per heavy atom. The van der Waals surface area contributed by atoms with Crippen LogP contribution in [0, 0.1) is 11.3 Å². The van der Waals surface area contributed by atoms with Crippen molar-refractivity contribution in [2.45, 2.75) is 0 Å². The highest BCUT2D eigenvalue weighted by Gasteiger charge is 2.23. The molecule has 0 aromatic heterocycles. The average molecular weight is 387 g/mol. The summed E-state index contributed by atoms with van der Waals surface area (Å²) in [6.07, 6.45) is 1.03. The number of rotatable bonds is 5. The molecule has 8 nitrogen and oxygen atoms in total. The second kappa shape index (κ2) is 7.55. The van der Waals surface area contributed by atoms with E-state index in [1.807, 2.05) is 6.07 Å². The molecule has 27 heavy (non-hydrogen) atoms. The molecule has 0 aliphatic carbocycles. The summed E-state index contributed by atoms with van der Waals surface area (Å²) in [5.74, 6) is 0.445. The highest BCUT2D eigenvalue weighted by molar-refractivity contribution is 7.92. The lowest BCUT2D eigenvalue weighted by molar-refractivity contribution is -0.114. The van der Waals surface area contributed by atoms with Crippen LogP contribution in [-0.2, 0) is 14.8 Å². The van der Waals surface area contributed by atoms with E-state index in [9.17, 15) is 13.2 Å². The van der Waals surface area contributed by atoms with Gasteiger partial charge in [0.05, 0.1) is 23.6 Å². The van der Waals surface area contributed by atoms with Gasteiger partial charge in [-0.3, -0.25) is 9.10 Å². The van der Waals surface area contributed by atoms with Crippen molar-refractivity contribution in [2.24, 2.45) is 0 Å².